The van der Waals surface area contributed by atoms with E-state index in [2.05, 4.69) is 16.8 Å². The quantitative estimate of drug-likeness (QED) is 0.300. The first-order valence-corrected chi connectivity index (χ1v) is 11.4. The average Bonchev–Trinajstić information content (AvgIpc) is 3.49. The molecule has 0 amide bonds. The Morgan fingerprint density at radius 2 is 1.88 bits per heavy atom. The fourth-order valence-corrected chi connectivity index (χ4v) is 3.92. The number of benzene rings is 2. The van der Waals surface area contributed by atoms with Crippen LogP contribution in [0.4, 0.5) is 0 Å². The van der Waals surface area contributed by atoms with Crippen molar-refractivity contribution < 1.29 is 13.9 Å². The zero-order valence-corrected chi connectivity index (χ0v) is 19.7. The van der Waals surface area contributed by atoms with Crippen LogP contribution in [0.5, 0.6) is 5.75 Å². The maximum absolute atomic E-state index is 12.2. The van der Waals surface area contributed by atoms with Gasteiger partial charge in [0.1, 0.15) is 11.5 Å². The molecule has 0 bridgehead atoms. The molecule has 0 aliphatic heterocycles. The van der Waals surface area contributed by atoms with Crippen LogP contribution in [-0.2, 0) is 17.6 Å². The lowest BCUT2D eigenvalue weighted by molar-refractivity contribution is -0.120. The van der Waals surface area contributed by atoms with Gasteiger partial charge < -0.3 is 13.7 Å². The normalized spacial score (nSPS) is 11.5. The molecule has 5 heteroatoms. The molecule has 4 aromatic rings. The van der Waals surface area contributed by atoms with Crippen molar-refractivity contribution in [1.82, 2.24) is 9.55 Å². The van der Waals surface area contributed by atoms with Crippen LogP contribution in [0.1, 0.15) is 42.5 Å². The molecule has 5 nitrogen and oxygen atoms in total. The fraction of sp³-hybridized carbons (Fsp3) is 0.241. The average molecular weight is 453 g/mol. The topological polar surface area (TPSA) is 57.3 Å². The van der Waals surface area contributed by atoms with Gasteiger partial charge in [-0.05, 0) is 62.7 Å². The predicted molar refractivity (Wildman–Crippen MR) is 133 cm³/mol. The van der Waals surface area contributed by atoms with E-state index in [1.807, 2.05) is 84.5 Å². The Hall–Kier alpha value is -4.04. The standard InChI is InChI=1S/C29H28N2O3/c1-4-10-25-19-23(20-27(21(2)32)31-16-8-9-17-31)13-14-28(25)33-18-15-26-22(3)34-29(30-26)24-11-6-5-7-12-24/h5-9,11-14,16-17,19,27H,15,18,20H2,1-3H3/t27-/m0/s1. The first-order chi connectivity index (χ1) is 16.5. The largest absolute Gasteiger partial charge is 0.492 e. The smallest absolute Gasteiger partial charge is 0.226 e. The maximum Gasteiger partial charge on any atom is 0.226 e. The van der Waals surface area contributed by atoms with E-state index >= 15 is 0 Å². The van der Waals surface area contributed by atoms with Crippen molar-refractivity contribution in [1.29, 1.82) is 0 Å². The number of carbonyl (C=O) groups excluding carboxylic acids is 1. The highest BCUT2D eigenvalue weighted by atomic mass is 16.5. The van der Waals surface area contributed by atoms with Crippen molar-refractivity contribution in [2.24, 2.45) is 0 Å². The van der Waals surface area contributed by atoms with E-state index in [-0.39, 0.29) is 11.8 Å². The van der Waals surface area contributed by atoms with Crippen molar-refractivity contribution in [3.63, 3.8) is 0 Å². The molecule has 34 heavy (non-hydrogen) atoms. The number of rotatable bonds is 9. The van der Waals surface area contributed by atoms with Crippen LogP contribution in [0.2, 0.25) is 0 Å². The van der Waals surface area contributed by atoms with Crippen LogP contribution in [0, 0.1) is 18.8 Å². The van der Waals surface area contributed by atoms with Gasteiger partial charge in [0.2, 0.25) is 5.89 Å². The van der Waals surface area contributed by atoms with E-state index in [0.29, 0.717) is 25.3 Å². The number of nitrogens with zero attached hydrogens (tertiary/aromatic N) is 2. The second-order valence-corrected chi connectivity index (χ2v) is 8.15. The Morgan fingerprint density at radius 3 is 2.59 bits per heavy atom. The van der Waals surface area contributed by atoms with E-state index in [9.17, 15) is 4.79 Å². The maximum atomic E-state index is 12.2. The molecule has 1 atom stereocenters. The summed E-state index contributed by atoms with van der Waals surface area (Å²) in [6, 6.07) is 19.4. The van der Waals surface area contributed by atoms with Crippen molar-refractivity contribution in [3.05, 3.63) is 95.6 Å². The molecule has 0 radical (unpaired) electrons. The zero-order chi connectivity index (χ0) is 23.9. The molecule has 0 aliphatic rings. The molecule has 4 rings (SSSR count). The third kappa shape index (κ3) is 5.47. The summed E-state index contributed by atoms with van der Waals surface area (Å²) >= 11 is 0. The molecule has 2 aromatic heterocycles. The summed E-state index contributed by atoms with van der Waals surface area (Å²) in [6.45, 7) is 5.81. The molecular weight excluding hydrogens is 424 g/mol. The number of hydrogen-bond donors (Lipinski definition) is 0. The van der Waals surface area contributed by atoms with Crippen LogP contribution in [0.3, 0.4) is 0 Å². The summed E-state index contributed by atoms with van der Waals surface area (Å²) in [6.07, 6.45) is 5.07. The van der Waals surface area contributed by atoms with E-state index in [1.165, 1.54) is 0 Å². The molecule has 0 fully saturated rings. The van der Waals surface area contributed by atoms with E-state index < -0.39 is 0 Å². The van der Waals surface area contributed by atoms with E-state index in [0.717, 1.165) is 33.9 Å². The molecular formula is C29H28N2O3. The number of ether oxygens (including phenoxy) is 1. The third-order valence-corrected chi connectivity index (χ3v) is 5.70. The lowest BCUT2D eigenvalue weighted by Gasteiger charge is -2.17. The first kappa shape index (κ1) is 23.1. The van der Waals surface area contributed by atoms with Gasteiger partial charge in [0.05, 0.1) is 23.9 Å². The highest BCUT2D eigenvalue weighted by Gasteiger charge is 2.17. The van der Waals surface area contributed by atoms with Crippen molar-refractivity contribution in [3.8, 4) is 29.0 Å². The molecule has 0 aliphatic carbocycles. The van der Waals surface area contributed by atoms with Crippen LogP contribution >= 0.6 is 0 Å². The summed E-state index contributed by atoms with van der Waals surface area (Å²) in [5.41, 5.74) is 3.70. The molecule has 0 saturated carbocycles. The monoisotopic (exact) mass is 452 g/mol. The van der Waals surface area contributed by atoms with Crippen LogP contribution in [0.15, 0.2) is 77.5 Å². The van der Waals surface area contributed by atoms with Gasteiger partial charge in [-0.15, -0.1) is 5.92 Å². The summed E-state index contributed by atoms with van der Waals surface area (Å²) in [4.78, 5) is 16.9. The number of aromatic nitrogens is 2. The van der Waals surface area contributed by atoms with Gasteiger partial charge in [-0.1, -0.05) is 30.2 Å². The lowest BCUT2D eigenvalue weighted by Crippen LogP contribution is -2.18. The molecule has 2 heterocycles. The Kier molecular flexibility index (Phi) is 7.29. The van der Waals surface area contributed by atoms with E-state index in [4.69, 9.17) is 9.15 Å². The molecule has 172 valence electrons. The number of ketones is 1. The highest BCUT2D eigenvalue weighted by Crippen LogP contribution is 2.25. The highest BCUT2D eigenvalue weighted by molar-refractivity contribution is 5.80. The molecule has 2 aromatic carbocycles. The second-order valence-electron chi connectivity index (χ2n) is 8.15. The van der Waals surface area contributed by atoms with Gasteiger partial charge in [-0.3, -0.25) is 4.79 Å². The Bertz CT molecular complexity index is 1310. The number of aryl methyl sites for hydroxylation is 1. The third-order valence-electron chi connectivity index (χ3n) is 5.70. The lowest BCUT2D eigenvalue weighted by atomic mass is 10.0. The fourth-order valence-electron chi connectivity index (χ4n) is 3.92. The molecule has 0 unspecified atom stereocenters. The SMILES string of the molecule is CC#Cc1cc(C[C@@H](C(C)=O)n2cccc2)ccc1OCCc1nc(-c2ccccc2)oc1C. The zero-order valence-electron chi connectivity index (χ0n) is 19.7. The predicted octanol–water partition coefficient (Wildman–Crippen LogP) is 5.82. The van der Waals surface area contributed by atoms with Crippen LogP contribution < -0.4 is 4.74 Å². The molecule has 0 saturated heterocycles. The van der Waals surface area contributed by atoms with Crippen LogP contribution in [0.25, 0.3) is 11.5 Å². The van der Waals surface area contributed by atoms with Crippen LogP contribution in [-0.4, -0.2) is 21.9 Å². The number of oxazole rings is 1. The minimum Gasteiger partial charge on any atom is -0.492 e. The Morgan fingerprint density at radius 1 is 1.12 bits per heavy atom. The van der Waals surface area contributed by atoms with Gasteiger partial charge in [-0.25, -0.2) is 4.98 Å². The first-order valence-electron chi connectivity index (χ1n) is 11.4. The van der Waals surface area contributed by atoms with Crippen molar-refractivity contribution in [2.45, 2.75) is 39.7 Å². The number of Topliss-reactive ketones (excluding diaryl/α,β-unsaturated/α-hetero) is 1. The molecule has 0 N–H and O–H groups in total. The minimum absolute atomic E-state index is 0.123. The Labute approximate surface area is 200 Å². The van der Waals surface area contributed by atoms with Crippen molar-refractivity contribution >= 4 is 5.78 Å². The van der Waals surface area contributed by atoms with Gasteiger partial charge in [0.15, 0.2) is 5.78 Å². The summed E-state index contributed by atoms with van der Waals surface area (Å²) < 4.78 is 13.9. The summed E-state index contributed by atoms with van der Waals surface area (Å²) in [5.74, 6) is 8.37. The van der Waals surface area contributed by atoms with Gasteiger partial charge >= 0.3 is 0 Å². The number of carbonyl (C=O) groups is 1. The second kappa shape index (κ2) is 10.7. The van der Waals surface area contributed by atoms with Gasteiger partial charge in [-0.2, -0.15) is 0 Å². The molecule has 0 spiro atoms. The number of hydrogen-bond acceptors (Lipinski definition) is 4. The minimum atomic E-state index is -0.238. The van der Waals surface area contributed by atoms with Crippen molar-refractivity contribution in [2.75, 3.05) is 6.61 Å². The van der Waals surface area contributed by atoms with Gasteiger partial charge in [0, 0.05) is 30.8 Å². The summed E-state index contributed by atoms with van der Waals surface area (Å²) in [7, 11) is 0. The Balaban J connectivity index is 1.45. The summed E-state index contributed by atoms with van der Waals surface area (Å²) in [5, 5.41) is 0. The van der Waals surface area contributed by atoms with E-state index in [1.54, 1.807) is 13.8 Å². The van der Waals surface area contributed by atoms with Gasteiger partial charge in [0.25, 0.3) is 0 Å².